The first-order chi connectivity index (χ1) is 15.4. The van der Waals surface area contributed by atoms with Crippen LogP contribution in [-0.4, -0.2) is 18.0 Å². The number of nitrogens with zero attached hydrogens (tertiary/aromatic N) is 3. The monoisotopic (exact) mass is 484 g/mol. The van der Waals surface area contributed by atoms with Crippen molar-refractivity contribution in [3.8, 4) is 11.3 Å². The Labute approximate surface area is 217 Å². The van der Waals surface area contributed by atoms with Gasteiger partial charge in [-0.05, 0) is 24.3 Å². The number of azo groups is 1. The Kier molecular flexibility index (Phi) is 6.62. The van der Waals surface area contributed by atoms with Crippen molar-refractivity contribution in [1.82, 2.24) is 4.98 Å². The average molecular weight is 485 g/mol. The topological polar surface area (TPSA) is 118 Å². The number of hydrogen-bond donors (Lipinski definition) is 2. The van der Waals surface area contributed by atoms with E-state index >= 15 is 0 Å². The van der Waals surface area contributed by atoms with E-state index in [1.165, 1.54) is 10.8 Å². The van der Waals surface area contributed by atoms with E-state index in [2.05, 4.69) is 32.7 Å². The molecule has 160 valence electrons. The molecule has 0 radical (unpaired) electrons. The number of hydrogen-bond acceptors (Lipinski definition) is 7. The SMILES string of the molecule is Nc1c(N=Nc2ccc(-c3csc4ccccc34)nc2)cc(S(=O)(=O)O)c2ccccc12.[H-].[Na+]. The summed E-state index contributed by atoms with van der Waals surface area (Å²) in [5.41, 5.74) is 8.95. The van der Waals surface area contributed by atoms with Crippen molar-refractivity contribution in [1.29, 1.82) is 0 Å². The van der Waals surface area contributed by atoms with Gasteiger partial charge in [-0.15, -0.1) is 21.6 Å². The van der Waals surface area contributed by atoms with Crippen LogP contribution in [0.2, 0.25) is 0 Å². The maximum atomic E-state index is 11.9. The van der Waals surface area contributed by atoms with Gasteiger partial charge in [0.25, 0.3) is 10.1 Å². The third-order valence-electron chi connectivity index (χ3n) is 5.08. The van der Waals surface area contributed by atoms with Gasteiger partial charge in [-0.2, -0.15) is 8.42 Å². The number of rotatable bonds is 4. The minimum absolute atomic E-state index is 0. The van der Waals surface area contributed by atoms with E-state index in [1.54, 1.807) is 47.9 Å². The zero-order chi connectivity index (χ0) is 22.3. The predicted octanol–water partition coefficient (Wildman–Crippen LogP) is 3.48. The largest absolute Gasteiger partial charge is 1.00 e. The number of nitrogens with two attached hydrogens (primary N) is 1. The van der Waals surface area contributed by atoms with Crippen LogP contribution in [0.4, 0.5) is 17.1 Å². The molecule has 0 saturated heterocycles. The molecule has 5 aromatic rings. The molecule has 3 aromatic carbocycles. The Morgan fingerprint density at radius 2 is 1.64 bits per heavy atom. The van der Waals surface area contributed by atoms with Crippen LogP contribution in [0, 0.1) is 0 Å². The molecule has 3 N–H and O–H groups in total. The fourth-order valence-corrected chi connectivity index (χ4v) is 5.21. The Morgan fingerprint density at radius 3 is 2.33 bits per heavy atom. The zero-order valence-corrected chi connectivity index (χ0v) is 21.1. The van der Waals surface area contributed by atoms with Crippen molar-refractivity contribution in [3.63, 3.8) is 0 Å². The molecule has 33 heavy (non-hydrogen) atoms. The third-order valence-corrected chi connectivity index (χ3v) is 6.94. The molecule has 2 heterocycles. The van der Waals surface area contributed by atoms with Gasteiger partial charge in [0.15, 0.2) is 0 Å². The molecule has 0 aliphatic heterocycles. The summed E-state index contributed by atoms with van der Waals surface area (Å²) >= 11 is 1.66. The normalized spacial score (nSPS) is 11.8. The van der Waals surface area contributed by atoms with Crippen LogP contribution in [0.1, 0.15) is 1.43 Å². The number of benzene rings is 3. The molecule has 2 aromatic heterocycles. The first-order valence-electron chi connectivity index (χ1n) is 9.55. The van der Waals surface area contributed by atoms with Crippen molar-refractivity contribution in [2.75, 3.05) is 5.73 Å². The third kappa shape index (κ3) is 4.56. The molecule has 0 aliphatic rings. The molecule has 0 spiro atoms. The van der Waals surface area contributed by atoms with Crippen LogP contribution in [-0.2, 0) is 10.1 Å². The van der Waals surface area contributed by atoms with Crippen LogP contribution in [0.25, 0.3) is 32.1 Å². The first-order valence-corrected chi connectivity index (χ1v) is 11.9. The fourth-order valence-electron chi connectivity index (χ4n) is 3.54. The molecule has 0 fully saturated rings. The Hall–Kier alpha value is -2.66. The van der Waals surface area contributed by atoms with Gasteiger partial charge >= 0.3 is 29.6 Å². The second-order valence-electron chi connectivity index (χ2n) is 7.08. The predicted molar refractivity (Wildman–Crippen MR) is 129 cm³/mol. The zero-order valence-electron chi connectivity index (χ0n) is 18.5. The van der Waals surface area contributed by atoms with Gasteiger partial charge in [-0.25, -0.2) is 0 Å². The summed E-state index contributed by atoms with van der Waals surface area (Å²) in [6.45, 7) is 0. The van der Waals surface area contributed by atoms with Crippen LogP contribution < -0.4 is 35.3 Å². The molecular formula is C23H17N4NaO3S2. The molecule has 0 amide bonds. The fraction of sp³-hybridized carbons (Fsp3) is 0. The Balaban J connectivity index is 0.00000162. The van der Waals surface area contributed by atoms with E-state index < -0.39 is 10.1 Å². The van der Waals surface area contributed by atoms with E-state index in [4.69, 9.17) is 5.73 Å². The second kappa shape index (κ2) is 9.30. The molecule has 0 saturated carbocycles. The summed E-state index contributed by atoms with van der Waals surface area (Å²) in [4.78, 5) is 4.23. The van der Waals surface area contributed by atoms with E-state index in [-0.39, 0.29) is 47.3 Å². The molecular weight excluding hydrogens is 467 g/mol. The number of aromatic nitrogens is 1. The van der Waals surface area contributed by atoms with Crippen molar-refractivity contribution in [3.05, 3.63) is 78.3 Å². The number of pyridine rings is 1. The molecule has 7 nitrogen and oxygen atoms in total. The van der Waals surface area contributed by atoms with Gasteiger partial charge in [0.2, 0.25) is 0 Å². The van der Waals surface area contributed by atoms with Gasteiger partial charge in [0.1, 0.15) is 16.3 Å². The van der Waals surface area contributed by atoms with Crippen LogP contribution in [0.5, 0.6) is 0 Å². The summed E-state index contributed by atoms with van der Waals surface area (Å²) in [5.74, 6) is 0. The average Bonchev–Trinajstić information content (AvgIpc) is 3.22. The molecule has 0 aliphatic carbocycles. The van der Waals surface area contributed by atoms with E-state index in [9.17, 15) is 13.0 Å². The van der Waals surface area contributed by atoms with Crippen LogP contribution in [0.15, 0.2) is 93.4 Å². The number of nitrogen functional groups attached to an aromatic ring is 1. The van der Waals surface area contributed by atoms with E-state index in [1.807, 2.05) is 18.2 Å². The summed E-state index contributed by atoms with van der Waals surface area (Å²) in [7, 11) is -4.47. The first kappa shape index (κ1) is 23.5. The van der Waals surface area contributed by atoms with Gasteiger partial charge in [-0.1, -0.05) is 42.5 Å². The van der Waals surface area contributed by atoms with Gasteiger partial charge in [0.05, 0.1) is 17.6 Å². The molecule has 0 unspecified atom stereocenters. The van der Waals surface area contributed by atoms with Gasteiger partial charge < -0.3 is 7.16 Å². The Morgan fingerprint density at radius 1 is 0.939 bits per heavy atom. The minimum Gasteiger partial charge on any atom is -1.00 e. The quantitative estimate of drug-likeness (QED) is 0.175. The van der Waals surface area contributed by atoms with Crippen molar-refractivity contribution >= 4 is 59.4 Å². The maximum absolute atomic E-state index is 11.9. The summed E-state index contributed by atoms with van der Waals surface area (Å²) in [5, 5.41) is 12.3. The number of anilines is 1. The number of fused-ring (bicyclic) bond motifs is 2. The molecule has 5 rings (SSSR count). The van der Waals surface area contributed by atoms with Crippen molar-refractivity contribution in [2.45, 2.75) is 4.90 Å². The second-order valence-corrected chi connectivity index (χ2v) is 9.38. The van der Waals surface area contributed by atoms with E-state index in [0.717, 1.165) is 16.6 Å². The summed E-state index contributed by atoms with van der Waals surface area (Å²) < 4.78 is 34.5. The minimum atomic E-state index is -4.47. The van der Waals surface area contributed by atoms with Gasteiger partial charge in [0, 0.05) is 31.8 Å². The van der Waals surface area contributed by atoms with Crippen molar-refractivity contribution < 1.29 is 44.0 Å². The molecule has 0 bridgehead atoms. The maximum Gasteiger partial charge on any atom is 1.00 e. The Bertz CT molecular complexity index is 1620. The number of thiophene rings is 1. The van der Waals surface area contributed by atoms with Crippen molar-refractivity contribution in [2.24, 2.45) is 10.2 Å². The standard InChI is InChI=1S/C23H16N4O3S2.Na.H/c24-23-17-7-2-1-6-16(17)22(32(28,29)30)11-20(23)27-26-14-9-10-19(25-12-14)18-13-31-21-8-4-3-5-15(18)21;;/h1-13H,24H2,(H,28,29,30);;/q;+1;-1. The van der Waals surface area contributed by atoms with Crippen LogP contribution in [0.3, 0.4) is 0 Å². The smallest absolute Gasteiger partial charge is 1.00 e. The molecule has 10 heteroatoms. The van der Waals surface area contributed by atoms with E-state index in [0.29, 0.717) is 16.5 Å². The van der Waals surface area contributed by atoms with Gasteiger partial charge in [-0.3, -0.25) is 9.54 Å². The summed E-state index contributed by atoms with van der Waals surface area (Å²) in [6.07, 6.45) is 1.59. The molecule has 0 atom stereocenters. The summed E-state index contributed by atoms with van der Waals surface area (Å²) in [6, 6.07) is 19.6. The van der Waals surface area contributed by atoms with Crippen LogP contribution >= 0.6 is 11.3 Å².